The number of allylic oxidation sites excluding steroid dienone is 2. The summed E-state index contributed by atoms with van der Waals surface area (Å²) < 4.78 is 42.8. The second-order valence-electron chi connectivity index (χ2n) is 5.39. The molecule has 0 spiro atoms. The Labute approximate surface area is 136 Å². The molecule has 1 aromatic rings. The molecule has 7 heteroatoms. The molecule has 122 valence electrons. The number of halogens is 4. The molecule has 0 aliphatic carbocycles. The van der Waals surface area contributed by atoms with Crippen molar-refractivity contribution in [1.29, 1.82) is 0 Å². The number of fused-ring (bicyclic) bond motifs is 2. The Hall–Kier alpha value is -1.79. The summed E-state index contributed by atoms with van der Waals surface area (Å²) in [6, 6.07) is 4.43. The molecule has 23 heavy (non-hydrogen) atoms. The van der Waals surface area contributed by atoms with Crippen molar-refractivity contribution in [2.24, 2.45) is 4.99 Å². The number of nitrogens with one attached hydrogen (secondary N) is 2. The quantitative estimate of drug-likeness (QED) is 0.876. The zero-order valence-electron chi connectivity index (χ0n) is 12.3. The number of hydrogen-bond donors (Lipinski definition) is 2. The van der Waals surface area contributed by atoms with Crippen LogP contribution in [0.15, 0.2) is 47.1 Å². The van der Waals surface area contributed by atoms with Crippen molar-refractivity contribution in [2.45, 2.75) is 18.5 Å². The van der Waals surface area contributed by atoms with E-state index in [-0.39, 0.29) is 34.2 Å². The first-order valence-corrected chi connectivity index (χ1v) is 7.58. The minimum absolute atomic E-state index is 0.0746. The number of likely N-dealkylation sites (N-methyl/N-ethyl adjacent to an activating group) is 1. The van der Waals surface area contributed by atoms with Crippen LogP contribution in [0.2, 0.25) is 5.02 Å². The molecule has 0 aromatic heterocycles. The summed E-state index contributed by atoms with van der Waals surface area (Å²) in [5.74, 6) is 0.220. The van der Waals surface area contributed by atoms with Gasteiger partial charge in [0.2, 0.25) is 0 Å². The zero-order valence-corrected chi connectivity index (χ0v) is 13.1. The van der Waals surface area contributed by atoms with E-state index in [1.807, 2.05) is 0 Å². The fraction of sp³-hybridized carbons (Fsp3) is 0.312. The second-order valence-corrected chi connectivity index (χ2v) is 5.83. The predicted octanol–water partition coefficient (Wildman–Crippen LogP) is 3.84. The smallest absolute Gasteiger partial charge is 0.346 e. The van der Waals surface area contributed by atoms with Crippen LogP contribution in [0.3, 0.4) is 0 Å². The average Bonchev–Trinajstić information content (AvgIpc) is 2.50. The van der Waals surface area contributed by atoms with E-state index in [0.717, 1.165) is 0 Å². The molecule has 1 unspecified atom stereocenters. The zero-order chi connectivity index (χ0) is 16.7. The number of benzene rings is 1. The van der Waals surface area contributed by atoms with Crippen LogP contribution in [-0.2, 0) is 5.41 Å². The van der Waals surface area contributed by atoms with Gasteiger partial charge >= 0.3 is 6.18 Å². The fourth-order valence-electron chi connectivity index (χ4n) is 2.99. The maximum Gasteiger partial charge on any atom is 0.403 e. The highest BCUT2D eigenvalue weighted by Gasteiger charge is 2.61. The van der Waals surface area contributed by atoms with Crippen molar-refractivity contribution in [3.63, 3.8) is 0 Å². The van der Waals surface area contributed by atoms with E-state index in [1.165, 1.54) is 18.2 Å². The highest BCUT2D eigenvalue weighted by atomic mass is 35.5. The van der Waals surface area contributed by atoms with E-state index in [2.05, 4.69) is 15.6 Å². The third kappa shape index (κ3) is 2.46. The summed E-state index contributed by atoms with van der Waals surface area (Å²) in [4.78, 5) is 4.32. The molecule has 0 fully saturated rings. The molecule has 0 saturated carbocycles. The molecule has 3 nitrogen and oxygen atoms in total. The first-order chi connectivity index (χ1) is 10.9. The van der Waals surface area contributed by atoms with Gasteiger partial charge in [-0.3, -0.25) is 0 Å². The number of nitrogens with zero attached hydrogens (tertiary/aromatic N) is 1. The van der Waals surface area contributed by atoms with Gasteiger partial charge in [-0.05, 0) is 30.8 Å². The molecule has 0 radical (unpaired) electrons. The van der Waals surface area contributed by atoms with Gasteiger partial charge < -0.3 is 10.6 Å². The summed E-state index contributed by atoms with van der Waals surface area (Å²) in [5, 5.41) is 5.93. The molecule has 3 rings (SSSR count). The van der Waals surface area contributed by atoms with Gasteiger partial charge in [-0.1, -0.05) is 24.6 Å². The van der Waals surface area contributed by atoms with Crippen LogP contribution >= 0.6 is 11.6 Å². The van der Waals surface area contributed by atoms with Crippen LogP contribution in [0.4, 0.5) is 18.9 Å². The standard InChI is InChI=1S/C16H15ClF3N3/c1-2-21-9-15(16(18,19)20)11-4-3-7-22-14(11)23-13-6-5-10(17)8-12(13)15/h3-8,21H,2,9H2,1H3,(H,22,23). The Kier molecular flexibility index (Phi) is 3.98. The lowest BCUT2D eigenvalue weighted by molar-refractivity contribution is -0.176. The van der Waals surface area contributed by atoms with Crippen LogP contribution in [0.5, 0.6) is 0 Å². The molecule has 1 atom stereocenters. The third-order valence-corrected chi connectivity index (χ3v) is 4.30. The second kappa shape index (κ2) is 5.69. The highest BCUT2D eigenvalue weighted by molar-refractivity contribution is 6.30. The van der Waals surface area contributed by atoms with E-state index in [4.69, 9.17) is 11.6 Å². The van der Waals surface area contributed by atoms with Gasteiger partial charge in [-0.2, -0.15) is 13.2 Å². The van der Waals surface area contributed by atoms with Gasteiger partial charge in [-0.15, -0.1) is 0 Å². The van der Waals surface area contributed by atoms with Crippen molar-refractivity contribution in [1.82, 2.24) is 10.6 Å². The van der Waals surface area contributed by atoms with E-state index in [1.54, 1.807) is 25.3 Å². The first-order valence-electron chi connectivity index (χ1n) is 7.20. The average molecular weight is 342 g/mol. The van der Waals surface area contributed by atoms with Gasteiger partial charge in [0.15, 0.2) is 0 Å². The molecule has 0 bridgehead atoms. The van der Waals surface area contributed by atoms with Gasteiger partial charge in [0.25, 0.3) is 0 Å². The van der Waals surface area contributed by atoms with Crippen LogP contribution < -0.4 is 10.6 Å². The van der Waals surface area contributed by atoms with E-state index >= 15 is 0 Å². The lowest BCUT2D eigenvalue weighted by atomic mass is 9.69. The summed E-state index contributed by atoms with van der Waals surface area (Å²) >= 11 is 5.98. The monoisotopic (exact) mass is 341 g/mol. The van der Waals surface area contributed by atoms with Crippen molar-refractivity contribution < 1.29 is 13.2 Å². The van der Waals surface area contributed by atoms with Crippen LogP contribution in [0.1, 0.15) is 12.5 Å². The van der Waals surface area contributed by atoms with E-state index < -0.39 is 11.6 Å². The van der Waals surface area contributed by atoms with Crippen molar-refractivity contribution in [2.75, 3.05) is 13.1 Å². The molecule has 2 aliphatic heterocycles. The topological polar surface area (TPSA) is 36.4 Å². The summed E-state index contributed by atoms with van der Waals surface area (Å²) in [7, 11) is 0. The highest BCUT2D eigenvalue weighted by Crippen LogP contribution is 2.52. The molecular formula is C16H15ClF3N3. The van der Waals surface area contributed by atoms with Gasteiger partial charge in [0, 0.05) is 28.9 Å². The number of aliphatic imine (C=N–C) groups is 1. The molecule has 0 amide bonds. The third-order valence-electron chi connectivity index (χ3n) is 4.07. The Balaban J connectivity index is 2.33. The molecular weight excluding hydrogens is 327 g/mol. The maximum atomic E-state index is 14.3. The van der Waals surface area contributed by atoms with E-state index in [0.29, 0.717) is 6.54 Å². The van der Waals surface area contributed by atoms with Crippen molar-refractivity contribution >= 4 is 23.1 Å². The summed E-state index contributed by atoms with van der Waals surface area (Å²) in [6.45, 7) is 1.92. The minimum Gasteiger partial charge on any atom is -0.346 e. The molecule has 2 N–H and O–H groups in total. The van der Waals surface area contributed by atoms with Gasteiger partial charge in [0.1, 0.15) is 11.3 Å². The van der Waals surface area contributed by atoms with E-state index in [9.17, 15) is 13.2 Å². The maximum absolute atomic E-state index is 14.3. The number of amidine groups is 1. The van der Waals surface area contributed by atoms with Crippen molar-refractivity contribution in [3.05, 3.63) is 52.7 Å². The number of alkyl halides is 3. The Morgan fingerprint density at radius 3 is 2.83 bits per heavy atom. The Bertz CT molecular complexity index is 722. The number of dihydropyridines is 1. The predicted molar refractivity (Wildman–Crippen MR) is 85.2 cm³/mol. The Morgan fingerprint density at radius 2 is 2.13 bits per heavy atom. The van der Waals surface area contributed by atoms with Crippen LogP contribution in [-0.4, -0.2) is 25.1 Å². The molecule has 2 heterocycles. The SMILES string of the molecule is CCNCC1(C(F)(F)F)C2=CC=CNC2=Nc2ccc(Cl)cc21. The number of rotatable bonds is 3. The van der Waals surface area contributed by atoms with Crippen LogP contribution in [0, 0.1) is 0 Å². The lowest BCUT2D eigenvalue weighted by Gasteiger charge is -2.42. The normalized spacial score (nSPS) is 22.7. The van der Waals surface area contributed by atoms with Gasteiger partial charge in [0.05, 0.1) is 5.69 Å². The fourth-order valence-corrected chi connectivity index (χ4v) is 3.16. The molecule has 0 saturated heterocycles. The largest absolute Gasteiger partial charge is 0.403 e. The van der Waals surface area contributed by atoms with Crippen LogP contribution in [0.25, 0.3) is 0 Å². The lowest BCUT2D eigenvalue weighted by Crippen LogP contribution is -2.55. The van der Waals surface area contributed by atoms with Gasteiger partial charge in [-0.25, -0.2) is 4.99 Å². The summed E-state index contributed by atoms with van der Waals surface area (Å²) in [5.41, 5.74) is -1.74. The first kappa shape index (κ1) is 16.1. The van der Waals surface area contributed by atoms with Crippen molar-refractivity contribution in [3.8, 4) is 0 Å². The Morgan fingerprint density at radius 1 is 1.35 bits per heavy atom. The minimum atomic E-state index is -4.51. The molecule has 1 aromatic carbocycles. The number of hydrogen-bond acceptors (Lipinski definition) is 3. The summed E-state index contributed by atoms with van der Waals surface area (Å²) in [6.07, 6.45) is 0.0758. The molecule has 2 aliphatic rings.